The van der Waals surface area contributed by atoms with Crippen LogP contribution in [0.2, 0.25) is 5.02 Å². The van der Waals surface area contributed by atoms with E-state index >= 15 is 0 Å². The average molecular weight is 280 g/mol. The summed E-state index contributed by atoms with van der Waals surface area (Å²) in [5, 5.41) is 4.65. The molecule has 1 heterocycles. The van der Waals surface area contributed by atoms with Gasteiger partial charge in [0, 0.05) is 11.8 Å². The fraction of sp³-hybridized carbons (Fsp3) is 0.231. The van der Waals surface area contributed by atoms with Crippen molar-refractivity contribution < 1.29 is 9.53 Å². The molecule has 0 radical (unpaired) electrons. The number of methoxy groups -OCH3 is 1. The van der Waals surface area contributed by atoms with Gasteiger partial charge in [0.2, 0.25) is 5.91 Å². The van der Waals surface area contributed by atoms with Crippen LogP contribution in [0.5, 0.6) is 5.75 Å². The topological polar surface area (TPSA) is 70.1 Å². The largest absolute Gasteiger partial charge is 0.495 e. The highest BCUT2D eigenvalue weighted by molar-refractivity contribution is 6.32. The molecule has 6 heteroatoms. The monoisotopic (exact) mass is 279 g/mol. The third-order valence-corrected chi connectivity index (χ3v) is 3.19. The summed E-state index contributed by atoms with van der Waals surface area (Å²) in [4.78, 5) is 11.1. The van der Waals surface area contributed by atoms with Gasteiger partial charge < -0.3 is 10.5 Å². The molecule has 0 saturated heterocycles. The fourth-order valence-electron chi connectivity index (χ4n) is 1.68. The second-order valence-corrected chi connectivity index (χ2v) is 4.54. The van der Waals surface area contributed by atoms with E-state index in [0.717, 1.165) is 11.1 Å². The van der Waals surface area contributed by atoms with E-state index in [4.69, 9.17) is 22.1 Å². The Balaban J connectivity index is 2.33. The minimum atomic E-state index is -0.484. The molecule has 0 aliphatic heterocycles. The number of amides is 1. The van der Waals surface area contributed by atoms with Crippen LogP contribution in [-0.4, -0.2) is 22.8 Å². The van der Waals surface area contributed by atoms with Crippen LogP contribution >= 0.6 is 11.6 Å². The molecular weight excluding hydrogens is 266 g/mol. The number of carbonyl (C=O) groups excluding carboxylic acids is 1. The fourth-order valence-corrected chi connectivity index (χ4v) is 1.93. The zero-order chi connectivity index (χ0) is 14.0. The summed E-state index contributed by atoms with van der Waals surface area (Å²) in [5.74, 6) is 0.186. The number of hydrogen-bond acceptors (Lipinski definition) is 3. The molecule has 0 unspecified atom stereocenters. The van der Waals surface area contributed by atoms with Gasteiger partial charge in [-0.25, -0.2) is 0 Å². The third-order valence-electron chi connectivity index (χ3n) is 2.90. The number of benzene rings is 1. The normalized spacial score (nSPS) is 12.2. The molecule has 100 valence electrons. The summed E-state index contributed by atoms with van der Waals surface area (Å²) in [6.07, 6.45) is 3.42. The maximum atomic E-state index is 11.1. The predicted octanol–water partition coefficient (Wildman–Crippen LogP) is 2.26. The maximum absolute atomic E-state index is 11.1. The summed E-state index contributed by atoms with van der Waals surface area (Å²) >= 11 is 6.07. The number of nitrogens with two attached hydrogens (primary N) is 1. The van der Waals surface area contributed by atoms with Crippen molar-refractivity contribution in [3.8, 4) is 16.9 Å². The molecule has 2 rings (SSSR count). The zero-order valence-electron chi connectivity index (χ0n) is 10.6. The molecule has 0 bridgehead atoms. The van der Waals surface area contributed by atoms with E-state index in [1.807, 2.05) is 6.07 Å². The first kappa shape index (κ1) is 13.4. The third kappa shape index (κ3) is 2.71. The summed E-state index contributed by atoms with van der Waals surface area (Å²) in [6, 6.07) is 4.96. The van der Waals surface area contributed by atoms with Crippen LogP contribution in [0.25, 0.3) is 11.1 Å². The molecule has 0 spiro atoms. The van der Waals surface area contributed by atoms with Gasteiger partial charge in [-0.1, -0.05) is 17.7 Å². The Hall–Kier alpha value is -2.01. The van der Waals surface area contributed by atoms with Gasteiger partial charge in [0.05, 0.1) is 18.3 Å². The smallest absolute Gasteiger partial charge is 0.241 e. The van der Waals surface area contributed by atoms with Gasteiger partial charge in [0.25, 0.3) is 0 Å². The number of nitrogens with zero attached hydrogens (tertiary/aromatic N) is 2. The SMILES string of the molecule is COc1ccc(-c2cnn([C@@H](C)C(N)=O)c2)cc1Cl. The van der Waals surface area contributed by atoms with E-state index in [-0.39, 0.29) is 0 Å². The van der Waals surface area contributed by atoms with E-state index in [9.17, 15) is 4.79 Å². The molecule has 1 amide bonds. The van der Waals surface area contributed by atoms with Crippen molar-refractivity contribution in [2.45, 2.75) is 13.0 Å². The van der Waals surface area contributed by atoms with Gasteiger partial charge in [-0.3, -0.25) is 9.48 Å². The summed E-state index contributed by atoms with van der Waals surface area (Å²) in [5.41, 5.74) is 7.00. The van der Waals surface area contributed by atoms with Gasteiger partial charge in [-0.15, -0.1) is 0 Å². The van der Waals surface area contributed by atoms with Gasteiger partial charge >= 0.3 is 0 Å². The quantitative estimate of drug-likeness (QED) is 0.933. The number of carbonyl (C=O) groups is 1. The van der Waals surface area contributed by atoms with Crippen molar-refractivity contribution in [1.29, 1.82) is 0 Å². The average Bonchev–Trinajstić information content (AvgIpc) is 2.87. The molecule has 2 aromatic rings. The number of aromatic nitrogens is 2. The van der Waals surface area contributed by atoms with E-state index in [1.54, 1.807) is 38.6 Å². The Kier molecular flexibility index (Phi) is 3.76. The van der Waals surface area contributed by atoms with Gasteiger partial charge in [-0.2, -0.15) is 5.10 Å². The molecule has 0 saturated carbocycles. The highest BCUT2D eigenvalue weighted by atomic mass is 35.5. The molecule has 0 aliphatic rings. The first-order valence-electron chi connectivity index (χ1n) is 5.70. The second-order valence-electron chi connectivity index (χ2n) is 4.14. The number of hydrogen-bond donors (Lipinski definition) is 1. The molecular formula is C13H14ClN3O2. The molecule has 1 atom stereocenters. The Morgan fingerprint density at radius 3 is 2.79 bits per heavy atom. The minimum absolute atomic E-state index is 0.428. The van der Waals surface area contributed by atoms with E-state index in [2.05, 4.69) is 5.10 Å². The van der Waals surface area contributed by atoms with Crippen LogP contribution in [0.4, 0.5) is 0 Å². The highest BCUT2D eigenvalue weighted by Gasteiger charge is 2.13. The lowest BCUT2D eigenvalue weighted by molar-refractivity contribution is -0.120. The van der Waals surface area contributed by atoms with Crippen LogP contribution in [0, 0.1) is 0 Å². The van der Waals surface area contributed by atoms with Gasteiger partial charge in [0.1, 0.15) is 11.8 Å². The van der Waals surface area contributed by atoms with E-state index in [1.165, 1.54) is 4.68 Å². The summed E-state index contributed by atoms with van der Waals surface area (Å²) < 4.78 is 6.62. The summed E-state index contributed by atoms with van der Waals surface area (Å²) in [7, 11) is 1.56. The van der Waals surface area contributed by atoms with Gasteiger partial charge in [0.15, 0.2) is 0 Å². The van der Waals surface area contributed by atoms with Crippen LogP contribution in [0.1, 0.15) is 13.0 Å². The predicted molar refractivity (Wildman–Crippen MR) is 73.1 cm³/mol. The first-order chi connectivity index (χ1) is 9.02. The van der Waals surface area contributed by atoms with Crippen LogP contribution in [-0.2, 0) is 4.79 Å². The van der Waals surface area contributed by atoms with Crippen LogP contribution < -0.4 is 10.5 Å². The van der Waals surface area contributed by atoms with E-state index < -0.39 is 11.9 Å². The highest BCUT2D eigenvalue weighted by Crippen LogP contribution is 2.30. The van der Waals surface area contributed by atoms with E-state index in [0.29, 0.717) is 10.8 Å². The summed E-state index contributed by atoms with van der Waals surface area (Å²) in [6.45, 7) is 1.69. The van der Waals surface area contributed by atoms with Crippen molar-refractivity contribution >= 4 is 17.5 Å². The van der Waals surface area contributed by atoms with Crippen LogP contribution in [0.3, 0.4) is 0 Å². The first-order valence-corrected chi connectivity index (χ1v) is 6.08. The lowest BCUT2D eigenvalue weighted by atomic mass is 10.1. The number of primary amides is 1. The number of rotatable bonds is 4. The van der Waals surface area contributed by atoms with Crippen molar-refractivity contribution in [2.75, 3.05) is 7.11 Å². The standard InChI is InChI=1S/C13H14ClN3O2/c1-8(13(15)18)17-7-10(6-16-17)9-3-4-12(19-2)11(14)5-9/h3-8H,1-2H3,(H2,15,18)/t8-/m0/s1. The molecule has 2 N–H and O–H groups in total. The molecule has 19 heavy (non-hydrogen) atoms. The Morgan fingerprint density at radius 1 is 1.47 bits per heavy atom. The lowest BCUT2D eigenvalue weighted by Gasteiger charge is -2.07. The van der Waals surface area contributed by atoms with Crippen molar-refractivity contribution in [3.05, 3.63) is 35.6 Å². The molecule has 0 aliphatic carbocycles. The van der Waals surface area contributed by atoms with Crippen molar-refractivity contribution in [3.63, 3.8) is 0 Å². The minimum Gasteiger partial charge on any atom is -0.495 e. The molecule has 1 aromatic carbocycles. The Labute approximate surface area is 115 Å². The number of halogens is 1. The van der Waals surface area contributed by atoms with Crippen molar-refractivity contribution in [2.24, 2.45) is 5.73 Å². The van der Waals surface area contributed by atoms with Crippen LogP contribution in [0.15, 0.2) is 30.6 Å². The lowest BCUT2D eigenvalue weighted by Crippen LogP contribution is -2.24. The molecule has 5 nitrogen and oxygen atoms in total. The van der Waals surface area contributed by atoms with Gasteiger partial charge in [-0.05, 0) is 24.6 Å². The Bertz CT molecular complexity index is 610. The van der Waals surface area contributed by atoms with Crippen molar-refractivity contribution in [1.82, 2.24) is 9.78 Å². The maximum Gasteiger partial charge on any atom is 0.241 e. The Morgan fingerprint density at radius 2 is 2.21 bits per heavy atom. The zero-order valence-corrected chi connectivity index (χ0v) is 11.4. The second kappa shape index (κ2) is 5.32. The number of ether oxygens (including phenoxy) is 1. The molecule has 1 aromatic heterocycles. The molecule has 0 fully saturated rings.